The maximum absolute atomic E-state index is 12.2. The Morgan fingerprint density at radius 1 is 1.09 bits per heavy atom. The van der Waals surface area contributed by atoms with Crippen LogP contribution in [0.1, 0.15) is 43.0 Å². The molecule has 0 aliphatic carbocycles. The Hall–Kier alpha value is -1.69. The summed E-state index contributed by atoms with van der Waals surface area (Å²) < 4.78 is 23.7. The number of ketones is 1. The normalized spacial score (nSPS) is 16.3. The van der Waals surface area contributed by atoms with Crippen molar-refractivity contribution in [2.75, 3.05) is 18.8 Å². The molecule has 6 heteroatoms. The van der Waals surface area contributed by atoms with Gasteiger partial charge in [0.05, 0.1) is 5.25 Å². The van der Waals surface area contributed by atoms with Crippen molar-refractivity contribution in [3.05, 3.63) is 35.9 Å². The smallest absolute Gasteiger partial charge is 0.223 e. The standard InChI is InChI=1S/C17H23NO4S/c1-2-23(21,22)15-10-12-18(13-11-15)17(20)9-8-16(19)14-6-4-3-5-7-14/h3-7,15H,2,8-13H2,1H3. The second-order valence-electron chi connectivity index (χ2n) is 5.82. The van der Waals surface area contributed by atoms with Crippen LogP contribution in [0.15, 0.2) is 30.3 Å². The summed E-state index contributed by atoms with van der Waals surface area (Å²) >= 11 is 0. The van der Waals surface area contributed by atoms with Gasteiger partial charge in [-0.25, -0.2) is 8.42 Å². The molecule has 0 bridgehead atoms. The summed E-state index contributed by atoms with van der Waals surface area (Å²) in [5.41, 5.74) is 0.619. The quantitative estimate of drug-likeness (QED) is 0.745. The van der Waals surface area contributed by atoms with E-state index in [1.165, 1.54) is 0 Å². The zero-order valence-corrected chi connectivity index (χ0v) is 14.2. The predicted molar refractivity (Wildman–Crippen MR) is 89.1 cm³/mol. The Morgan fingerprint density at radius 3 is 2.26 bits per heavy atom. The summed E-state index contributed by atoms with van der Waals surface area (Å²) in [4.78, 5) is 25.9. The minimum absolute atomic E-state index is 0.0394. The molecule has 2 rings (SSSR count). The fourth-order valence-electron chi connectivity index (χ4n) is 2.85. The molecule has 0 atom stereocenters. The molecule has 23 heavy (non-hydrogen) atoms. The molecule has 1 heterocycles. The average Bonchev–Trinajstić information content (AvgIpc) is 2.60. The third-order valence-corrected chi connectivity index (χ3v) is 6.66. The number of Topliss-reactive ketones (excluding diaryl/α,β-unsaturated/α-hetero) is 1. The molecule has 126 valence electrons. The van der Waals surface area contributed by atoms with E-state index >= 15 is 0 Å². The molecule has 1 aromatic rings. The number of carbonyl (C=O) groups excluding carboxylic acids is 2. The van der Waals surface area contributed by atoms with E-state index < -0.39 is 9.84 Å². The molecule has 0 unspecified atom stereocenters. The maximum Gasteiger partial charge on any atom is 0.223 e. The number of likely N-dealkylation sites (tertiary alicyclic amines) is 1. The first-order valence-electron chi connectivity index (χ1n) is 8.01. The van der Waals surface area contributed by atoms with Crippen LogP contribution in [0.2, 0.25) is 0 Å². The molecular weight excluding hydrogens is 314 g/mol. The van der Waals surface area contributed by atoms with E-state index in [0.717, 1.165) is 0 Å². The van der Waals surface area contributed by atoms with E-state index in [-0.39, 0.29) is 35.5 Å². The molecule has 0 N–H and O–H groups in total. The van der Waals surface area contributed by atoms with Gasteiger partial charge in [0.1, 0.15) is 0 Å². The lowest BCUT2D eigenvalue weighted by Crippen LogP contribution is -2.42. The number of rotatable bonds is 6. The third-order valence-electron chi connectivity index (χ3n) is 4.37. The van der Waals surface area contributed by atoms with E-state index in [9.17, 15) is 18.0 Å². The van der Waals surface area contributed by atoms with Crippen molar-refractivity contribution in [1.29, 1.82) is 0 Å². The lowest BCUT2D eigenvalue weighted by molar-refractivity contribution is -0.132. The van der Waals surface area contributed by atoms with Crippen LogP contribution in [-0.4, -0.2) is 49.1 Å². The maximum atomic E-state index is 12.2. The van der Waals surface area contributed by atoms with Crippen LogP contribution in [0.3, 0.4) is 0 Å². The van der Waals surface area contributed by atoms with Crippen LogP contribution in [0.5, 0.6) is 0 Å². The molecule has 0 saturated carbocycles. The number of carbonyl (C=O) groups is 2. The molecule has 0 radical (unpaired) electrons. The van der Waals surface area contributed by atoms with E-state index in [2.05, 4.69) is 0 Å². The second-order valence-corrected chi connectivity index (χ2v) is 8.39. The van der Waals surface area contributed by atoms with Crippen LogP contribution in [0.4, 0.5) is 0 Å². The number of benzene rings is 1. The summed E-state index contributed by atoms with van der Waals surface area (Å²) in [5, 5.41) is -0.331. The van der Waals surface area contributed by atoms with Crippen molar-refractivity contribution in [3.8, 4) is 0 Å². The topological polar surface area (TPSA) is 71.5 Å². The van der Waals surface area contributed by atoms with Gasteiger partial charge < -0.3 is 4.90 Å². The van der Waals surface area contributed by atoms with Gasteiger partial charge in [-0.1, -0.05) is 37.3 Å². The number of amides is 1. The highest BCUT2D eigenvalue weighted by Gasteiger charge is 2.30. The monoisotopic (exact) mass is 337 g/mol. The minimum Gasteiger partial charge on any atom is -0.343 e. The second kappa shape index (κ2) is 7.73. The molecule has 1 aliphatic heterocycles. The van der Waals surface area contributed by atoms with E-state index in [4.69, 9.17) is 0 Å². The number of hydrogen-bond acceptors (Lipinski definition) is 4. The van der Waals surface area contributed by atoms with Gasteiger partial charge in [0.2, 0.25) is 5.91 Å². The van der Waals surface area contributed by atoms with Gasteiger partial charge in [-0.05, 0) is 12.8 Å². The highest BCUT2D eigenvalue weighted by atomic mass is 32.2. The highest BCUT2D eigenvalue weighted by molar-refractivity contribution is 7.92. The van der Waals surface area contributed by atoms with Gasteiger partial charge in [0, 0.05) is 37.2 Å². The van der Waals surface area contributed by atoms with Crippen molar-refractivity contribution in [3.63, 3.8) is 0 Å². The van der Waals surface area contributed by atoms with Crippen molar-refractivity contribution in [2.24, 2.45) is 0 Å². The van der Waals surface area contributed by atoms with E-state index in [0.29, 0.717) is 31.5 Å². The first-order valence-corrected chi connectivity index (χ1v) is 9.73. The zero-order valence-electron chi connectivity index (χ0n) is 13.4. The summed E-state index contributed by atoms with van der Waals surface area (Å²) in [7, 11) is -3.02. The average molecular weight is 337 g/mol. The van der Waals surface area contributed by atoms with Crippen LogP contribution in [-0.2, 0) is 14.6 Å². The Labute approximate surface area is 137 Å². The molecule has 1 aliphatic rings. The minimum atomic E-state index is -3.02. The van der Waals surface area contributed by atoms with Gasteiger partial charge in [0.25, 0.3) is 0 Å². The molecule has 1 saturated heterocycles. The fraction of sp³-hybridized carbons (Fsp3) is 0.529. The number of sulfone groups is 1. The first kappa shape index (κ1) is 17.7. The molecular formula is C17H23NO4S. The van der Waals surface area contributed by atoms with Gasteiger partial charge in [-0.2, -0.15) is 0 Å². The van der Waals surface area contributed by atoms with Crippen molar-refractivity contribution in [2.45, 2.75) is 37.9 Å². The molecule has 0 aromatic heterocycles. The Bertz CT molecular complexity index is 646. The van der Waals surface area contributed by atoms with Crippen LogP contribution in [0, 0.1) is 0 Å². The van der Waals surface area contributed by atoms with Gasteiger partial charge in [0.15, 0.2) is 15.6 Å². The SMILES string of the molecule is CCS(=O)(=O)C1CCN(C(=O)CCC(=O)c2ccccc2)CC1. The van der Waals surface area contributed by atoms with Crippen molar-refractivity contribution >= 4 is 21.5 Å². The number of nitrogens with zero attached hydrogens (tertiary/aromatic N) is 1. The number of hydrogen-bond donors (Lipinski definition) is 0. The third kappa shape index (κ3) is 4.64. The number of piperidine rings is 1. The lowest BCUT2D eigenvalue weighted by atomic mass is 10.1. The lowest BCUT2D eigenvalue weighted by Gasteiger charge is -2.31. The molecule has 5 nitrogen and oxygen atoms in total. The Balaban J connectivity index is 1.81. The Kier molecular flexibility index (Phi) is 5.93. The fourth-order valence-corrected chi connectivity index (χ4v) is 4.25. The van der Waals surface area contributed by atoms with Crippen LogP contribution < -0.4 is 0 Å². The Morgan fingerprint density at radius 2 is 1.70 bits per heavy atom. The van der Waals surface area contributed by atoms with Crippen LogP contribution in [0.25, 0.3) is 0 Å². The molecule has 1 amide bonds. The van der Waals surface area contributed by atoms with Crippen LogP contribution >= 0.6 is 0 Å². The van der Waals surface area contributed by atoms with Gasteiger partial charge in [-0.15, -0.1) is 0 Å². The highest BCUT2D eigenvalue weighted by Crippen LogP contribution is 2.19. The summed E-state index contributed by atoms with van der Waals surface area (Å²) in [5.74, 6) is 0.0426. The summed E-state index contributed by atoms with van der Waals surface area (Å²) in [6.45, 7) is 2.58. The van der Waals surface area contributed by atoms with Crippen molar-refractivity contribution < 1.29 is 18.0 Å². The van der Waals surface area contributed by atoms with Gasteiger partial charge >= 0.3 is 0 Å². The zero-order chi connectivity index (χ0) is 16.9. The van der Waals surface area contributed by atoms with Gasteiger partial charge in [-0.3, -0.25) is 9.59 Å². The molecule has 0 spiro atoms. The predicted octanol–water partition coefficient (Wildman–Crippen LogP) is 2.08. The molecule has 1 aromatic carbocycles. The van der Waals surface area contributed by atoms with E-state index in [1.807, 2.05) is 6.07 Å². The summed E-state index contributed by atoms with van der Waals surface area (Å²) in [6.07, 6.45) is 1.36. The van der Waals surface area contributed by atoms with Crippen molar-refractivity contribution in [1.82, 2.24) is 4.90 Å². The summed E-state index contributed by atoms with van der Waals surface area (Å²) in [6, 6.07) is 8.93. The molecule has 1 fully saturated rings. The first-order chi connectivity index (χ1) is 10.9. The van der Waals surface area contributed by atoms with E-state index in [1.54, 1.807) is 36.1 Å². The largest absolute Gasteiger partial charge is 0.343 e.